The van der Waals surface area contributed by atoms with Gasteiger partial charge in [-0.15, -0.1) is 0 Å². The maximum Gasteiger partial charge on any atom is 0.163 e. The lowest BCUT2D eigenvalue weighted by Gasteiger charge is -2.35. The number of ether oxygens (including phenoxy) is 1. The molecule has 0 unspecified atom stereocenters. The smallest absolute Gasteiger partial charge is 0.163 e. The Morgan fingerprint density at radius 1 is 1.17 bits per heavy atom. The molecule has 30 heavy (non-hydrogen) atoms. The lowest BCUT2D eigenvalue weighted by Crippen LogP contribution is -2.33. The number of rotatable bonds is 3. The molecule has 0 amide bonds. The Bertz CT molecular complexity index is 1150. The van der Waals surface area contributed by atoms with Crippen molar-refractivity contribution in [1.29, 1.82) is 0 Å². The van der Waals surface area contributed by atoms with E-state index >= 15 is 0 Å². The van der Waals surface area contributed by atoms with Gasteiger partial charge in [-0.05, 0) is 48.6 Å². The molecular weight excluding hydrogens is 376 g/mol. The van der Waals surface area contributed by atoms with Crippen molar-refractivity contribution in [2.24, 2.45) is 5.92 Å². The van der Waals surface area contributed by atoms with Gasteiger partial charge in [0, 0.05) is 35.6 Å². The number of fused-ring (bicyclic) bond motifs is 1. The highest BCUT2D eigenvalue weighted by molar-refractivity contribution is 6.00. The molecule has 1 aliphatic carbocycles. The Morgan fingerprint density at radius 3 is 2.67 bits per heavy atom. The highest BCUT2D eigenvalue weighted by atomic mass is 16.5. The van der Waals surface area contributed by atoms with Gasteiger partial charge in [0.15, 0.2) is 5.78 Å². The van der Waals surface area contributed by atoms with E-state index in [1.807, 2.05) is 54.2 Å². The van der Waals surface area contributed by atoms with Crippen LogP contribution in [0.15, 0.2) is 60.1 Å². The van der Waals surface area contributed by atoms with Gasteiger partial charge in [0.25, 0.3) is 0 Å². The maximum absolute atomic E-state index is 13.1. The number of allylic oxidation sites excluding steroid dienone is 2. The van der Waals surface area contributed by atoms with Crippen LogP contribution in [0, 0.1) is 12.8 Å². The summed E-state index contributed by atoms with van der Waals surface area (Å²) in [5.41, 5.74) is 5.82. The second-order valence-corrected chi connectivity index (χ2v) is 8.12. The maximum atomic E-state index is 13.1. The number of ketones is 1. The molecule has 5 rings (SSSR count). The summed E-state index contributed by atoms with van der Waals surface area (Å²) in [4.78, 5) is 17.4. The van der Waals surface area contributed by atoms with Crippen molar-refractivity contribution in [2.45, 2.75) is 32.7 Å². The molecule has 1 N–H and O–H groups in total. The predicted molar refractivity (Wildman–Crippen MR) is 115 cm³/mol. The molecule has 0 radical (unpaired) electrons. The molecule has 1 aromatic carbocycles. The summed E-state index contributed by atoms with van der Waals surface area (Å²) in [6.45, 7) is 4.14. The molecule has 152 valence electrons. The quantitative estimate of drug-likeness (QED) is 0.700. The molecule has 2 atom stereocenters. The lowest BCUT2D eigenvalue weighted by molar-refractivity contribution is -0.117. The average Bonchev–Trinajstić information content (AvgIpc) is 3.08. The Balaban J connectivity index is 1.71. The number of nitrogens with one attached hydrogen (secondary N) is 1. The van der Waals surface area contributed by atoms with Crippen LogP contribution in [-0.2, 0) is 4.79 Å². The fraction of sp³-hybridized carbons (Fsp3) is 0.292. The van der Waals surface area contributed by atoms with Crippen LogP contribution in [0.25, 0.3) is 11.1 Å². The van der Waals surface area contributed by atoms with Crippen LogP contribution in [-0.4, -0.2) is 27.7 Å². The predicted octanol–water partition coefficient (Wildman–Crippen LogP) is 4.53. The van der Waals surface area contributed by atoms with E-state index in [4.69, 9.17) is 9.84 Å². The molecule has 0 saturated carbocycles. The molecule has 2 aliphatic rings. The first-order chi connectivity index (χ1) is 14.6. The average molecular weight is 400 g/mol. The first-order valence-corrected chi connectivity index (χ1v) is 10.2. The van der Waals surface area contributed by atoms with Crippen molar-refractivity contribution in [1.82, 2.24) is 14.8 Å². The van der Waals surface area contributed by atoms with Gasteiger partial charge in [-0.3, -0.25) is 9.78 Å². The Morgan fingerprint density at radius 2 is 1.97 bits per heavy atom. The zero-order valence-corrected chi connectivity index (χ0v) is 17.3. The fourth-order valence-corrected chi connectivity index (χ4v) is 4.63. The van der Waals surface area contributed by atoms with Gasteiger partial charge in [-0.25, -0.2) is 4.68 Å². The number of aryl methyl sites for hydroxylation is 1. The molecule has 3 heterocycles. The van der Waals surface area contributed by atoms with Crippen LogP contribution in [0.1, 0.15) is 37.1 Å². The Labute approximate surface area is 175 Å². The third kappa shape index (κ3) is 2.91. The molecular formula is C24H24N4O2. The van der Waals surface area contributed by atoms with Gasteiger partial charge < -0.3 is 10.1 Å². The minimum Gasteiger partial charge on any atom is -0.497 e. The summed E-state index contributed by atoms with van der Waals surface area (Å²) in [6.07, 6.45) is 5.00. The zero-order chi connectivity index (χ0) is 20.8. The second kappa shape index (κ2) is 7.13. The number of anilines is 1. The van der Waals surface area contributed by atoms with Crippen LogP contribution in [0.3, 0.4) is 0 Å². The van der Waals surface area contributed by atoms with E-state index < -0.39 is 0 Å². The highest BCUT2D eigenvalue weighted by Gasteiger charge is 2.39. The minimum atomic E-state index is -0.268. The van der Waals surface area contributed by atoms with E-state index in [-0.39, 0.29) is 11.8 Å². The summed E-state index contributed by atoms with van der Waals surface area (Å²) in [6, 6.07) is 11.7. The van der Waals surface area contributed by atoms with Crippen molar-refractivity contribution in [3.05, 3.63) is 71.3 Å². The third-order valence-corrected chi connectivity index (χ3v) is 5.96. The SMILES string of the molecule is COc1ccc(-c2c(C)nn3c2NC2=C(C(=O)C[C@@H](C)C2)[C@@H]3c2cccnc2)cc1. The third-order valence-electron chi connectivity index (χ3n) is 5.96. The van der Waals surface area contributed by atoms with Crippen molar-refractivity contribution >= 4 is 11.6 Å². The van der Waals surface area contributed by atoms with E-state index in [1.165, 1.54) is 0 Å². The van der Waals surface area contributed by atoms with Gasteiger partial charge in [0.1, 0.15) is 17.6 Å². The number of nitrogens with zero attached hydrogens (tertiary/aromatic N) is 3. The topological polar surface area (TPSA) is 69.0 Å². The molecule has 0 fully saturated rings. The molecule has 1 aliphatic heterocycles. The number of hydrogen-bond acceptors (Lipinski definition) is 5. The van der Waals surface area contributed by atoms with E-state index in [9.17, 15) is 4.79 Å². The zero-order valence-electron chi connectivity index (χ0n) is 17.3. The molecule has 0 saturated heterocycles. The van der Waals surface area contributed by atoms with Crippen LogP contribution < -0.4 is 10.1 Å². The summed E-state index contributed by atoms with van der Waals surface area (Å²) in [5, 5.41) is 8.46. The van der Waals surface area contributed by atoms with Crippen molar-refractivity contribution in [2.75, 3.05) is 12.4 Å². The molecule has 2 aromatic heterocycles. The van der Waals surface area contributed by atoms with Gasteiger partial charge in [0.2, 0.25) is 0 Å². The highest BCUT2D eigenvalue weighted by Crippen LogP contribution is 2.45. The number of carbonyl (C=O) groups is 1. The molecule has 3 aromatic rings. The summed E-state index contributed by atoms with van der Waals surface area (Å²) < 4.78 is 7.27. The van der Waals surface area contributed by atoms with Gasteiger partial charge in [-0.2, -0.15) is 5.10 Å². The molecule has 6 nitrogen and oxygen atoms in total. The number of methoxy groups -OCH3 is 1. The Hall–Kier alpha value is -3.41. The van der Waals surface area contributed by atoms with Crippen molar-refractivity contribution < 1.29 is 9.53 Å². The largest absolute Gasteiger partial charge is 0.497 e. The van der Waals surface area contributed by atoms with Crippen molar-refractivity contribution in [3.8, 4) is 16.9 Å². The molecule has 6 heteroatoms. The fourth-order valence-electron chi connectivity index (χ4n) is 4.63. The second-order valence-electron chi connectivity index (χ2n) is 8.12. The molecule has 0 bridgehead atoms. The Kier molecular flexibility index (Phi) is 4.42. The number of benzene rings is 1. The summed E-state index contributed by atoms with van der Waals surface area (Å²) in [5.74, 6) is 2.25. The van der Waals surface area contributed by atoms with Crippen LogP contribution >= 0.6 is 0 Å². The summed E-state index contributed by atoms with van der Waals surface area (Å²) >= 11 is 0. The number of carbonyl (C=O) groups excluding carboxylic acids is 1. The van der Waals surface area contributed by atoms with Crippen LogP contribution in [0.2, 0.25) is 0 Å². The molecule has 0 spiro atoms. The monoisotopic (exact) mass is 400 g/mol. The lowest BCUT2D eigenvalue weighted by atomic mass is 9.81. The van der Waals surface area contributed by atoms with E-state index in [1.54, 1.807) is 13.3 Å². The van der Waals surface area contributed by atoms with Gasteiger partial charge in [0.05, 0.1) is 12.8 Å². The number of Topliss-reactive ketones (excluding diaryl/α,β-unsaturated/α-hetero) is 1. The van der Waals surface area contributed by atoms with E-state index in [0.29, 0.717) is 12.3 Å². The van der Waals surface area contributed by atoms with Crippen LogP contribution in [0.5, 0.6) is 5.75 Å². The normalized spacial score (nSPS) is 20.4. The van der Waals surface area contributed by atoms with E-state index in [2.05, 4.69) is 17.2 Å². The van der Waals surface area contributed by atoms with Gasteiger partial charge in [-0.1, -0.05) is 25.1 Å². The first-order valence-electron chi connectivity index (χ1n) is 10.2. The van der Waals surface area contributed by atoms with Gasteiger partial charge >= 0.3 is 0 Å². The number of pyridine rings is 1. The van der Waals surface area contributed by atoms with E-state index in [0.717, 1.165) is 51.6 Å². The number of hydrogen-bond donors (Lipinski definition) is 1. The van der Waals surface area contributed by atoms with Crippen LogP contribution in [0.4, 0.5) is 5.82 Å². The van der Waals surface area contributed by atoms with Crippen molar-refractivity contribution in [3.63, 3.8) is 0 Å². The number of aromatic nitrogens is 3. The summed E-state index contributed by atoms with van der Waals surface area (Å²) in [7, 11) is 1.66. The minimum absolute atomic E-state index is 0.190. The standard InChI is InChI=1S/C24H24N4O2/c1-14-11-19-22(20(29)12-14)23(17-5-4-10-25-13-17)28-24(26-19)21(15(2)27-28)16-6-8-18(30-3)9-7-16/h4-10,13-14,23,26H,11-12H2,1-3H3/t14-,23-/m0/s1. The first kappa shape index (κ1) is 18.6.